The summed E-state index contributed by atoms with van der Waals surface area (Å²) in [5, 5.41) is 0. The maximum atomic E-state index is 5.34. The maximum absolute atomic E-state index is 5.34. The Morgan fingerprint density at radius 1 is 1.38 bits per heavy atom. The average molecular weight is 178 g/mol. The highest BCUT2D eigenvalue weighted by molar-refractivity contribution is 5.27. The average Bonchev–Trinajstić information content (AvgIpc) is 2.17. The van der Waals surface area contributed by atoms with Crippen LogP contribution in [0.5, 0.6) is 0 Å². The molecule has 2 rings (SSSR count). The Morgan fingerprint density at radius 2 is 2.23 bits per heavy atom. The number of fused-ring (bicyclic) bond motifs is 1. The molecule has 0 saturated carbocycles. The summed E-state index contributed by atoms with van der Waals surface area (Å²) < 4.78 is 5.34. The molecule has 0 aromatic carbocycles. The summed E-state index contributed by atoms with van der Waals surface area (Å²) in [6.45, 7) is 5.79. The molecule has 0 amide bonds. The first kappa shape index (κ1) is 8.63. The van der Waals surface area contributed by atoms with Crippen molar-refractivity contribution in [3.63, 3.8) is 0 Å². The third-order valence-corrected chi connectivity index (χ3v) is 2.35. The van der Waals surface area contributed by atoms with Crippen LogP contribution in [0, 0.1) is 0 Å². The monoisotopic (exact) mass is 178 g/mol. The van der Waals surface area contributed by atoms with Gasteiger partial charge in [-0.1, -0.05) is 13.8 Å². The van der Waals surface area contributed by atoms with E-state index in [2.05, 4.69) is 23.8 Å². The standard InChI is InChI=1S/C10H14N2O/c1-7(2)10-8-3-4-13-5-9(8)11-6-12-10/h6-7H,3-5H2,1-2H3. The quantitative estimate of drug-likeness (QED) is 0.656. The van der Waals surface area contributed by atoms with Crippen molar-refractivity contribution < 1.29 is 4.74 Å². The summed E-state index contributed by atoms with van der Waals surface area (Å²) in [6.07, 6.45) is 2.60. The van der Waals surface area contributed by atoms with Crippen molar-refractivity contribution in [2.45, 2.75) is 32.8 Å². The van der Waals surface area contributed by atoms with Gasteiger partial charge >= 0.3 is 0 Å². The maximum Gasteiger partial charge on any atom is 0.116 e. The molecule has 1 aromatic rings. The van der Waals surface area contributed by atoms with Crippen molar-refractivity contribution >= 4 is 0 Å². The molecule has 13 heavy (non-hydrogen) atoms. The number of aromatic nitrogens is 2. The normalized spacial score (nSPS) is 15.9. The van der Waals surface area contributed by atoms with Crippen LogP contribution < -0.4 is 0 Å². The minimum atomic E-state index is 0.481. The molecule has 0 saturated heterocycles. The van der Waals surface area contributed by atoms with Gasteiger partial charge in [-0.25, -0.2) is 9.97 Å². The van der Waals surface area contributed by atoms with Gasteiger partial charge in [-0.3, -0.25) is 0 Å². The number of hydrogen-bond donors (Lipinski definition) is 0. The highest BCUT2D eigenvalue weighted by Gasteiger charge is 2.16. The van der Waals surface area contributed by atoms with E-state index >= 15 is 0 Å². The van der Waals surface area contributed by atoms with Gasteiger partial charge in [0, 0.05) is 11.3 Å². The molecule has 0 fully saturated rings. The summed E-state index contributed by atoms with van der Waals surface area (Å²) in [5.41, 5.74) is 3.57. The molecule has 3 heteroatoms. The lowest BCUT2D eigenvalue weighted by atomic mass is 9.99. The predicted molar refractivity (Wildman–Crippen MR) is 49.5 cm³/mol. The zero-order valence-corrected chi connectivity index (χ0v) is 8.08. The minimum absolute atomic E-state index is 0.481. The van der Waals surface area contributed by atoms with E-state index in [1.54, 1.807) is 6.33 Å². The Balaban J connectivity index is 2.46. The SMILES string of the molecule is CC(C)c1ncnc2c1CCOC2. The zero-order valence-electron chi connectivity index (χ0n) is 8.08. The largest absolute Gasteiger partial charge is 0.375 e. The number of rotatable bonds is 1. The van der Waals surface area contributed by atoms with Gasteiger partial charge < -0.3 is 4.74 Å². The molecule has 0 N–H and O–H groups in total. The van der Waals surface area contributed by atoms with Gasteiger partial charge in [0.2, 0.25) is 0 Å². The van der Waals surface area contributed by atoms with Crippen LogP contribution in [0.2, 0.25) is 0 Å². The molecule has 2 heterocycles. The van der Waals surface area contributed by atoms with Gasteiger partial charge in [0.25, 0.3) is 0 Å². The van der Waals surface area contributed by atoms with Crippen LogP contribution >= 0.6 is 0 Å². The van der Waals surface area contributed by atoms with Crippen LogP contribution in [0.1, 0.15) is 36.7 Å². The molecule has 0 radical (unpaired) electrons. The lowest BCUT2D eigenvalue weighted by molar-refractivity contribution is 0.106. The molecule has 70 valence electrons. The van der Waals surface area contributed by atoms with E-state index in [-0.39, 0.29) is 0 Å². The molecule has 0 atom stereocenters. The van der Waals surface area contributed by atoms with E-state index in [0.717, 1.165) is 18.7 Å². The topological polar surface area (TPSA) is 35.0 Å². The first-order valence-corrected chi connectivity index (χ1v) is 4.69. The Morgan fingerprint density at radius 3 is 3.00 bits per heavy atom. The van der Waals surface area contributed by atoms with Gasteiger partial charge in [0.1, 0.15) is 6.33 Å². The van der Waals surface area contributed by atoms with Gasteiger partial charge in [-0.15, -0.1) is 0 Å². The van der Waals surface area contributed by atoms with E-state index in [1.807, 2.05) is 0 Å². The van der Waals surface area contributed by atoms with Crippen molar-refractivity contribution in [3.05, 3.63) is 23.3 Å². The van der Waals surface area contributed by atoms with Crippen molar-refractivity contribution in [1.29, 1.82) is 0 Å². The molecule has 0 unspecified atom stereocenters. The van der Waals surface area contributed by atoms with Gasteiger partial charge in [-0.05, 0) is 12.3 Å². The van der Waals surface area contributed by atoms with Crippen LogP contribution in [0.4, 0.5) is 0 Å². The van der Waals surface area contributed by atoms with E-state index in [1.165, 1.54) is 11.3 Å². The summed E-state index contributed by atoms with van der Waals surface area (Å²) in [7, 11) is 0. The predicted octanol–water partition coefficient (Wildman–Crippen LogP) is 1.67. The second kappa shape index (κ2) is 3.42. The fraction of sp³-hybridized carbons (Fsp3) is 0.600. The number of ether oxygens (including phenoxy) is 1. The third kappa shape index (κ3) is 1.56. The lowest BCUT2D eigenvalue weighted by Crippen LogP contribution is -2.15. The van der Waals surface area contributed by atoms with Crippen molar-refractivity contribution in [2.75, 3.05) is 6.61 Å². The zero-order chi connectivity index (χ0) is 9.26. The Hall–Kier alpha value is -0.960. The molecule has 0 bridgehead atoms. The molecular formula is C10H14N2O. The first-order chi connectivity index (χ1) is 6.29. The Kier molecular flexibility index (Phi) is 2.27. The van der Waals surface area contributed by atoms with E-state index in [0.29, 0.717) is 12.5 Å². The van der Waals surface area contributed by atoms with Crippen molar-refractivity contribution in [3.8, 4) is 0 Å². The molecular weight excluding hydrogens is 164 g/mol. The van der Waals surface area contributed by atoms with Crippen LogP contribution in [-0.2, 0) is 17.8 Å². The molecule has 0 spiro atoms. The van der Waals surface area contributed by atoms with Gasteiger partial charge in [-0.2, -0.15) is 0 Å². The smallest absolute Gasteiger partial charge is 0.116 e. The van der Waals surface area contributed by atoms with E-state index in [4.69, 9.17) is 4.74 Å². The molecule has 3 nitrogen and oxygen atoms in total. The Bertz CT molecular complexity index is 310. The van der Waals surface area contributed by atoms with E-state index in [9.17, 15) is 0 Å². The van der Waals surface area contributed by atoms with Crippen molar-refractivity contribution in [2.24, 2.45) is 0 Å². The first-order valence-electron chi connectivity index (χ1n) is 4.69. The summed E-state index contributed by atoms with van der Waals surface area (Å²) in [5.74, 6) is 0.481. The molecule has 1 aliphatic rings. The van der Waals surface area contributed by atoms with Gasteiger partial charge in [0.15, 0.2) is 0 Å². The Labute approximate surface area is 78.2 Å². The van der Waals surface area contributed by atoms with Gasteiger partial charge in [0.05, 0.1) is 18.9 Å². The lowest BCUT2D eigenvalue weighted by Gasteiger charge is -2.19. The van der Waals surface area contributed by atoms with E-state index < -0.39 is 0 Å². The fourth-order valence-electron chi connectivity index (χ4n) is 1.70. The third-order valence-electron chi connectivity index (χ3n) is 2.35. The summed E-state index contributed by atoms with van der Waals surface area (Å²) >= 11 is 0. The van der Waals surface area contributed by atoms with Crippen LogP contribution in [0.3, 0.4) is 0 Å². The molecule has 1 aromatic heterocycles. The second-order valence-electron chi connectivity index (χ2n) is 3.64. The van der Waals surface area contributed by atoms with Crippen molar-refractivity contribution in [1.82, 2.24) is 9.97 Å². The highest BCUT2D eigenvalue weighted by atomic mass is 16.5. The minimum Gasteiger partial charge on any atom is -0.375 e. The molecule has 0 aliphatic carbocycles. The van der Waals surface area contributed by atoms with Crippen LogP contribution in [-0.4, -0.2) is 16.6 Å². The number of nitrogens with zero attached hydrogens (tertiary/aromatic N) is 2. The van der Waals surface area contributed by atoms with Crippen LogP contribution in [0.25, 0.3) is 0 Å². The fourth-order valence-corrected chi connectivity index (χ4v) is 1.70. The second-order valence-corrected chi connectivity index (χ2v) is 3.64. The number of hydrogen-bond acceptors (Lipinski definition) is 3. The highest BCUT2D eigenvalue weighted by Crippen LogP contribution is 2.22. The summed E-state index contributed by atoms with van der Waals surface area (Å²) in [6, 6.07) is 0. The molecule has 1 aliphatic heterocycles. The van der Waals surface area contributed by atoms with Crippen LogP contribution in [0.15, 0.2) is 6.33 Å². The summed E-state index contributed by atoms with van der Waals surface area (Å²) in [4.78, 5) is 8.55.